The molecule has 1 N–H and O–H groups in total. The molecule has 9 heteroatoms. The molecule has 0 aliphatic carbocycles. The number of amides is 1. The number of hydrogen-bond donors (Lipinski definition) is 1. The molecule has 1 fully saturated rings. The van der Waals surface area contributed by atoms with Crippen LogP contribution >= 0.6 is 11.3 Å². The third-order valence-corrected chi connectivity index (χ3v) is 8.24. The van der Waals surface area contributed by atoms with Gasteiger partial charge in [-0.05, 0) is 49.7 Å². The van der Waals surface area contributed by atoms with Crippen molar-refractivity contribution in [1.82, 2.24) is 14.2 Å². The van der Waals surface area contributed by atoms with Crippen molar-refractivity contribution in [2.75, 3.05) is 31.5 Å². The third-order valence-electron chi connectivity index (χ3n) is 5.57. The summed E-state index contributed by atoms with van der Waals surface area (Å²) in [6, 6.07) is 14.6. The maximum Gasteiger partial charge on any atom is 0.257 e. The van der Waals surface area contributed by atoms with E-state index in [1.54, 1.807) is 4.90 Å². The summed E-state index contributed by atoms with van der Waals surface area (Å²) in [6.45, 7) is 5.71. The van der Waals surface area contributed by atoms with Gasteiger partial charge >= 0.3 is 0 Å². The van der Waals surface area contributed by atoms with Crippen molar-refractivity contribution in [1.29, 1.82) is 0 Å². The number of aromatic nitrogens is 1. The summed E-state index contributed by atoms with van der Waals surface area (Å²) in [6.07, 6.45) is 5.38. The van der Waals surface area contributed by atoms with E-state index in [1.807, 2.05) is 25.3 Å². The van der Waals surface area contributed by atoms with Crippen molar-refractivity contribution in [3.8, 4) is 23.7 Å². The zero-order chi connectivity index (χ0) is 23.6. The minimum atomic E-state index is -3.63. The van der Waals surface area contributed by atoms with Crippen molar-refractivity contribution in [2.24, 2.45) is 0 Å². The van der Waals surface area contributed by atoms with Crippen molar-refractivity contribution in [3.63, 3.8) is 0 Å². The molecule has 0 bridgehead atoms. The molecule has 170 valence electrons. The fourth-order valence-corrected chi connectivity index (χ4v) is 5.75. The fraction of sp³-hybridized carbons (Fsp3) is 0.250. The summed E-state index contributed by atoms with van der Waals surface area (Å²) in [4.78, 5) is 19.1. The lowest BCUT2D eigenvalue weighted by atomic mass is 10.0. The largest absolute Gasteiger partial charge is 0.330 e. The van der Waals surface area contributed by atoms with Gasteiger partial charge in [-0.25, -0.2) is 13.4 Å². The number of rotatable bonds is 5. The predicted octanol–water partition coefficient (Wildman–Crippen LogP) is 3.58. The number of carbonyl (C=O) groups excluding carboxylic acids is 1. The van der Waals surface area contributed by atoms with Crippen LogP contribution in [-0.4, -0.2) is 54.7 Å². The predicted molar refractivity (Wildman–Crippen MR) is 131 cm³/mol. The van der Waals surface area contributed by atoms with Gasteiger partial charge in [0.05, 0.1) is 10.6 Å². The Hall–Kier alpha value is -3.19. The average Bonchev–Trinajstić information content (AvgIpc) is 3.29. The molecule has 1 aliphatic heterocycles. The van der Waals surface area contributed by atoms with Crippen LogP contribution in [0.4, 0.5) is 5.13 Å². The molecule has 0 saturated carbocycles. The van der Waals surface area contributed by atoms with Gasteiger partial charge in [0.1, 0.15) is 0 Å². The minimum absolute atomic E-state index is 0.152. The number of aryl methyl sites for hydroxylation is 2. The Morgan fingerprint density at radius 3 is 2.45 bits per heavy atom. The third kappa shape index (κ3) is 4.93. The highest BCUT2D eigenvalue weighted by atomic mass is 32.2. The molecule has 2 heterocycles. The highest BCUT2D eigenvalue weighted by molar-refractivity contribution is 7.89. The quantitative estimate of drug-likeness (QED) is 0.565. The lowest BCUT2D eigenvalue weighted by Gasteiger charge is -2.31. The molecule has 1 amide bonds. The van der Waals surface area contributed by atoms with Gasteiger partial charge in [0.15, 0.2) is 5.13 Å². The van der Waals surface area contributed by atoms with Crippen LogP contribution in [0.5, 0.6) is 0 Å². The van der Waals surface area contributed by atoms with Crippen LogP contribution in [0.25, 0.3) is 11.3 Å². The summed E-state index contributed by atoms with van der Waals surface area (Å²) < 4.78 is 27.2. The standard InChI is InChI=1S/C24H24N4O3S2/c1-4-27-11-13-28(14-12-27)33(30,31)20-9-7-19(8-10-20)23(29)26-24-25-22(16-32-24)21-15-17(2)5-6-18(21)3/h1,5-10,15-16H,11-14H2,2-3H3,(H,25,26,29). The summed E-state index contributed by atoms with van der Waals surface area (Å²) in [5.41, 5.74) is 4.45. The molecule has 1 aromatic heterocycles. The van der Waals surface area contributed by atoms with E-state index in [0.29, 0.717) is 36.9 Å². The topological polar surface area (TPSA) is 82.6 Å². The number of thiazole rings is 1. The molecule has 3 aromatic rings. The highest BCUT2D eigenvalue weighted by Crippen LogP contribution is 2.28. The number of terminal acetylenes is 1. The number of piperazine rings is 1. The van der Waals surface area contributed by atoms with Crippen LogP contribution in [-0.2, 0) is 10.0 Å². The van der Waals surface area contributed by atoms with E-state index in [9.17, 15) is 13.2 Å². The Balaban J connectivity index is 1.45. The molecule has 0 spiro atoms. The lowest BCUT2D eigenvalue weighted by Crippen LogP contribution is -2.46. The maximum atomic E-state index is 12.9. The van der Waals surface area contributed by atoms with Crippen LogP contribution in [0.15, 0.2) is 52.7 Å². The normalized spacial score (nSPS) is 14.6. The molecule has 1 saturated heterocycles. The Labute approximate surface area is 198 Å². The molecule has 4 rings (SSSR count). The first-order valence-corrected chi connectivity index (χ1v) is 12.8. The maximum absolute atomic E-state index is 12.9. The van der Waals surface area contributed by atoms with E-state index in [-0.39, 0.29) is 10.8 Å². The number of carbonyl (C=O) groups is 1. The number of anilines is 1. The van der Waals surface area contributed by atoms with E-state index >= 15 is 0 Å². The molecule has 33 heavy (non-hydrogen) atoms. The van der Waals surface area contributed by atoms with Gasteiger partial charge in [-0.2, -0.15) is 4.31 Å². The van der Waals surface area contributed by atoms with Crippen molar-refractivity contribution < 1.29 is 13.2 Å². The second kappa shape index (κ2) is 9.35. The van der Waals surface area contributed by atoms with E-state index in [1.165, 1.54) is 39.9 Å². The molecule has 0 atom stereocenters. The second-order valence-electron chi connectivity index (χ2n) is 7.86. The van der Waals surface area contributed by atoms with Gasteiger partial charge in [0.25, 0.3) is 5.91 Å². The van der Waals surface area contributed by atoms with Crippen molar-refractivity contribution in [3.05, 3.63) is 64.5 Å². The Kier molecular flexibility index (Phi) is 6.51. The summed E-state index contributed by atoms with van der Waals surface area (Å²) in [7, 11) is -3.63. The SMILES string of the molecule is C#CN1CCN(S(=O)(=O)c2ccc(C(=O)Nc3nc(-c4cc(C)ccc4C)cs3)cc2)CC1. The highest BCUT2D eigenvalue weighted by Gasteiger charge is 2.28. The Bertz CT molecular complexity index is 1320. The van der Waals surface area contributed by atoms with Gasteiger partial charge in [0.2, 0.25) is 10.0 Å². The number of sulfonamides is 1. The van der Waals surface area contributed by atoms with Crippen LogP contribution in [0.1, 0.15) is 21.5 Å². The second-order valence-corrected chi connectivity index (χ2v) is 10.7. The van der Waals surface area contributed by atoms with Gasteiger partial charge in [0, 0.05) is 48.7 Å². The molecule has 0 radical (unpaired) electrons. The number of nitrogens with one attached hydrogen (secondary N) is 1. The monoisotopic (exact) mass is 480 g/mol. The zero-order valence-corrected chi connectivity index (χ0v) is 20.0. The van der Waals surface area contributed by atoms with E-state index in [0.717, 1.165) is 22.4 Å². The molecular weight excluding hydrogens is 456 g/mol. The number of hydrogen-bond acceptors (Lipinski definition) is 6. The van der Waals surface area contributed by atoms with Gasteiger partial charge in [-0.15, -0.1) is 11.3 Å². The lowest BCUT2D eigenvalue weighted by molar-refractivity contribution is 0.102. The van der Waals surface area contributed by atoms with Crippen molar-refractivity contribution >= 4 is 32.4 Å². The summed E-state index contributed by atoms with van der Waals surface area (Å²) in [5.74, 6) is -0.344. The average molecular weight is 481 g/mol. The van der Waals surface area contributed by atoms with E-state index in [4.69, 9.17) is 6.42 Å². The van der Waals surface area contributed by atoms with E-state index in [2.05, 4.69) is 28.5 Å². The molecule has 2 aromatic carbocycles. The zero-order valence-electron chi connectivity index (χ0n) is 18.4. The van der Waals surface area contributed by atoms with Gasteiger partial charge < -0.3 is 4.90 Å². The first-order chi connectivity index (χ1) is 15.8. The first kappa shape index (κ1) is 23.0. The first-order valence-electron chi connectivity index (χ1n) is 10.4. The van der Waals surface area contributed by atoms with Gasteiger partial charge in [-0.3, -0.25) is 10.1 Å². The summed E-state index contributed by atoms with van der Waals surface area (Å²) >= 11 is 1.35. The minimum Gasteiger partial charge on any atom is -0.330 e. The van der Waals surface area contributed by atoms with Crippen LogP contribution in [0.3, 0.4) is 0 Å². The fourth-order valence-electron chi connectivity index (χ4n) is 3.62. The molecule has 7 nitrogen and oxygen atoms in total. The Morgan fingerprint density at radius 2 is 1.79 bits per heavy atom. The molecule has 0 unspecified atom stereocenters. The van der Waals surface area contributed by atoms with Crippen LogP contribution in [0.2, 0.25) is 0 Å². The van der Waals surface area contributed by atoms with Crippen LogP contribution in [0, 0.1) is 26.3 Å². The number of nitrogens with zero attached hydrogens (tertiary/aromatic N) is 3. The van der Waals surface area contributed by atoms with E-state index < -0.39 is 10.0 Å². The van der Waals surface area contributed by atoms with Crippen LogP contribution < -0.4 is 5.32 Å². The number of benzene rings is 2. The molecule has 1 aliphatic rings. The smallest absolute Gasteiger partial charge is 0.257 e. The van der Waals surface area contributed by atoms with Gasteiger partial charge in [-0.1, -0.05) is 24.1 Å². The molecular formula is C24H24N4O3S2. The Morgan fingerprint density at radius 1 is 1.09 bits per heavy atom. The van der Waals surface area contributed by atoms with Crippen molar-refractivity contribution in [2.45, 2.75) is 18.7 Å². The summed E-state index contributed by atoms with van der Waals surface area (Å²) in [5, 5.41) is 5.19.